The summed E-state index contributed by atoms with van der Waals surface area (Å²) in [6, 6.07) is 7.30. The Morgan fingerprint density at radius 1 is 1.14 bits per heavy atom. The highest BCUT2D eigenvalue weighted by atomic mass is 127. The maximum atomic E-state index is 12.7. The molecule has 7 nitrogen and oxygen atoms in total. The highest BCUT2D eigenvalue weighted by Gasteiger charge is 2.42. The van der Waals surface area contributed by atoms with Crippen molar-refractivity contribution in [1.82, 2.24) is 15.5 Å². The fourth-order valence-corrected chi connectivity index (χ4v) is 3.62. The number of esters is 1. The zero-order chi connectivity index (χ0) is 20.6. The lowest BCUT2D eigenvalue weighted by molar-refractivity contribution is -0.138. The number of halogens is 1. The van der Waals surface area contributed by atoms with E-state index in [1.807, 2.05) is 26.2 Å². The largest absolute Gasteiger partial charge is 0.462 e. The molecule has 2 N–H and O–H groups in total. The summed E-state index contributed by atoms with van der Waals surface area (Å²) < 4.78 is 4.99. The summed E-state index contributed by atoms with van der Waals surface area (Å²) in [5, 5.41) is 6.59. The van der Waals surface area contributed by atoms with Crippen molar-refractivity contribution in [2.75, 3.05) is 34.3 Å². The molecule has 0 saturated heterocycles. The van der Waals surface area contributed by atoms with Crippen LogP contribution in [-0.2, 0) is 16.1 Å². The monoisotopic (exact) mass is 516 g/mol. The summed E-state index contributed by atoms with van der Waals surface area (Å²) in [5.74, 6) is 0.529. The maximum Gasteiger partial charge on any atom is 0.338 e. The van der Waals surface area contributed by atoms with E-state index in [0.29, 0.717) is 31.2 Å². The summed E-state index contributed by atoms with van der Waals surface area (Å²) in [5.41, 5.74) is 1.22. The number of hydrogen-bond acceptors (Lipinski definition) is 4. The molecule has 2 rings (SSSR count). The molecule has 0 bridgehead atoms. The molecule has 0 spiro atoms. The number of hydrogen-bond donors (Lipinski definition) is 2. The maximum absolute atomic E-state index is 12.7. The molecule has 1 saturated carbocycles. The van der Waals surface area contributed by atoms with Crippen molar-refractivity contribution in [2.45, 2.75) is 39.2 Å². The Hall–Kier alpha value is -1.84. The zero-order valence-electron chi connectivity index (χ0n) is 17.8. The van der Waals surface area contributed by atoms with Crippen LogP contribution in [0, 0.1) is 5.41 Å². The second-order valence-corrected chi connectivity index (χ2v) is 7.38. The minimum absolute atomic E-state index is 0. The highest BCUT2D eigenvalue weighted by Crippen LogP contribution is 2.38. The van der Waals surface area contributed by atoms with Gasteiger partial charge in [0.15, 0.2) is 5.96 Å². The SMILES string of the molecule is CCOC(=O)c1ccc(CNC(=NC)NCC2(C(=O)N(C)C)CCCC2)cc1.I. The first-order valence-corrected chi connectivity index (χ1v) is 9.84. The molecule has 8 heteroatoms. The minimum atomic E-state index is -0.345. The van der Waals surface area contributed by atoms with Crippen LogP contribution in [0.4, 0.5) is 0 Å². The number of amides is 1. The van der Waals surface area contributed by atoms with Crippen LogP contribution >= 0.6 is 24.0 Å². The molecular weight excluding hydrogens is 483 g/mol. The third-order valence-corrected chi connectivity index (χ3v) is 5.16. The summed E-state index contributed by atoms with van der Waals surface area (Å²) in [6.07, 6.45) is 3.98. The molecule has 1 aliphatic rings. The zero-order valence-corrected chi connectivity index (χ0v) is 20.1. The van der Waals surface area contributed by atoms with E-state index < -0.39 is 0 Å². The van der Waals surface area contributed by atoms with Crippen molar-refractivity contribution >= 4 is 41.8 Å². The van der Waals surface area contributed by atoms with Crippen LogP contribution in [0.3, 0.4) is 0 Å². The van der Waals surface area contributed by atoms with Crippen LogP contribution in [0.1, 0.15) is 48.5 Å². The number of ether oxygens (including phenoxy) is 1. The third kappa shape index (κ3) is 6.87. The summed E-state index contributed by atoms with van der Waals surface area (Å²) >= 11 is 0. The fourth-order valence-electron chi connectivity index (χ4n) is 3.62. The van der Waals surface area contributed by atoms with Crippen molar-refractivity contribution in [3.8, 4) is 0 Å². The Bertz CT molecular complexity index is 698. The number of carbonyl (C=O) groups is 2. The molecule has 1 fully saturated rings. The third-order valence-electron chi connectivity index (χ3n) is 5.16. The van der Waals surface area contributed by atoms with Gasteiger partial charge in [-0.2, -0.15) is 0 Å². The van der Waals surface area contributed by atoms with E-state index >= 15 is 0 Å². The van der Waals surface area contributed by atoms with Gasteiger partial charge >= 0.3 is 5.97 Å². The molecule has 1 amide bonds. The number of rotatable bonds is 7. The second kappa shape index (κ2) is 12.0. The molecule has 0 heterocycles. The lowest BCUT2D eigenvalue weighted by atomic mass is 9.84. The van der Waals surface area contributed by atoms with Crippen LogP contribution in [0.15, 0.2) is 29.3 Å². The van der Waals surface area contributed by atoms with Gasteiger partial charge in [0.1, 0.15) is 0 Å². The van der Waals surface area contributed by atoms with E-state index in [1.54, 1.807) is 31.0 Å². The van der Waals surface area contributed by atoms with E-state index in [4.69, 9.17) is 4.74 Å². The molecule has 1 aromatic carbocycles. The van der Waals surface area contributed by atoms with Crippen LogP contribution in [0.2, 0.25) is 0 Å². The second-order valence-electron chi connectivity index (χ2n) is 7.38. The quantitative estimate of drug-likeness (QED) is 0.252. The number of nitrogens with zero attached hydrogens (tertiary/aromatic N) is 2. The Morgan fingerprint density at radius 2 is 1.76 bits per heavy atom. The summed E-state index contributed by atoms with van der Waals surface area (Å²) in [6.45, 7) is 3.29. The number of benzene rings is 1. The van der Waals surface area contributed by atoms with E-state index in [1.165, 1.54) is 0 Å². The van der Waals surface area contributed by atoms with Gasteiger partial charge in [-0.25, -0.2) is 4.79 Å². The van der Waals surface area contributed by atoms with Gasteiger partial charge in [-0.05, 0) is 37.5 Å². The van der Waals surface area contributed by atoms with Gasteiger partial charge < -0.3 is 20.3 Å². The smallest absolute Gasteiger partial charge is 0.338 e. The number of carbonyl (C=O) groups excluding carboxylic acids is 2. The van der Waals surface area contributed by atoms with Gasteiger partial charge in [0.05, 0.1) is 17.6 Å². The molecule has 162 valence electrons. The van der Waals surface area contributed by atoms with E-state index in [-0.39, 0.29) is 41.3 Å². The molecular formula is C21H33IN4O3. The van der Waals surface area contributed by atoms with Crippen LogP contribution in [0.5, 0.6) is 0 Å². The predicted octanol–water partition coefficient (Wildman–Crippen LogP) is 2.79. The average molecular weight is 516 g/mol. The van der Waals surface area contributed by atoms with Gasteiger partial charge in [-0.1, -0.05) is 25.0 Å². The topological polar surface area (TPSA) is 83.0 Å². The number of aliphatic imine (C=N–C) groups is 1. The van der Waals surface area contributed by atoms with Crippen LogP contribution in [0.25, 0.3) is 0 Å². The van der Waals surface area contributed by atoms with Gasteiger partial charge in [0.25, 0.3) is 0 Å². The lowest BCUT2D eigenvalue weighted by Gasteiger charge is -2.31. The highest BCUT2D eigenvalue weighted by molar-refractivity contribution is 14.0. The van der Waals surface area contributed by atoms with Gasteiger partial charge in [-0.15, -0.1) is 24.0 Å². The van der Waals surface area contributed by atoms with Crippen molar-refractivity contribution in [2.24, 2.45) is 10.4 Å². The van der Waals surface area contributed by atoms with E-state index in [0.717, 1.165) is 31.2 Å². The predicted molar refractivity (Wildman–Crippen MR) is 126 cm³/mol. The van der Waals surface area contributed by atoms with Crippen molar-refractivity contribution in [1.29, 1.82) is 0 Å². The summed E-state index contributed by atoms with van der Waals surface area (Å²) in [4.78, 5) is 30.3. The van der Waals surface area contributed by atoms with E-state index in [9.17, 15) is 9.59 Å². The standard InChI is InChI=1S/C21H32N4O3.HI/c1-5-28-18(26)17-10-8-16(9-11-17)14-23-20(22-2)24-15-21(12-6-7-13-21)19(27)25(3)4;/h8-11H,5-7,12-15H2,1-4H3,(H2,22,23,24);1H. The lowest BCUT2D eigenvalue weighted by Crippen LogP contribution is -2.49. The number of guanidine groups is 1. The fraction of sp³-hybridized carbons (Fsp3) is 0.571. The molecule has 0 aliphatic heterocycles. The van der Waals surface area contributed by atoms with Gasteiger partial charge in [0.2, 0.25) is 5.91 Å². The molecule has 1 aliphatic carbocycles. The summed E-state index contributed by atoms with van der Waals surface area (Å²) in [7, 11) is 5.35. The van der Waals surface area contributed by atoms with Crippen molar-refractivity contribution in [3.05, 3.63) is 35.4 Å². The Balaban J connectivity index is 0.00000420. The number of nitrogens with one attached hydrogen (secondary N) is 2. The Kier molecular flexibility index (Phi) is 10.4. The molecule has 0 aromatic heterocycles. The molecule has 0 radical (unpaired) electrons. The first-order chi connectivity index (χ1) is 13.4. The Morgan fingerprint density at radius 3 is 2.28 bits per heavy atom. The molecule has 29 heavy (non-hydrogen) atoms. The Labute approximate surface area is 190 Å². The molecule has 0 atom stereocenters. The minimum Gasteiger partial charge on any atom is -0.462 e. The van der Waals surface area contributed by atoms with Gasteiger partial charge in [0, 0.05) is 34.2 Å². The van der Waals surface area contributed by atoms with Crippen molar-refractivity contribution in [3.63, 3.8) is 0 Å². The van der Waals surface area contributed by atoms with Crippen LogP contribution < -0.4 is 10.6 Å². The first kappa shape index (κ1) is 25.2. The van der Waals surface area contributed by atoms with Gasteiger partial charge in [-0.3, -0.25) is 9.79 Å². The van der Waals surface area contributed by atoms with Crippen LogP contribution in [-0.4, -0.2) is 57.0 Å². The molecule has 1 aromatic rings. The normalized spacial score (nSPS) is 15.2. The molecule has 0 unspecified atom stereocenters. The van der Waals surface area contributed by atoms with E-state index in [2.05, 4.69) is 15.6 Å². The first-order valence-electron chi connectivity index (χ1n) is 9.84. The van der Waals surface area contributed by atoms with Crippen molar-refractivity contribution < 1.29 is 14.3 Å². The average Bonchev–Trinajstić information content (AvgIpc) is 3.18.